The van der Waals surface area contributed by atoms with Gasteiger partial charge in [0.05, 0.1) is 5.02 Å². The molecule has 0 atom stereocenters. The van der Waals surface area contributed by atoms with Gasteiger partial charge in [0.25, 0.3) is 5.91 Å². The van der Waals surface area contributed by atoms with Gasteiger partial charge < -0.3 is 9.84 Å². The Balaban J connectivity index is 1.72. The second-order valence-electron chi connectivity index (χ2n) is 6.06. The van der Waals surface area contributed by atoms with Gasteiger partial charge in [0.15, 0.2) is 0 Å². The zero-order valence-corrected chi connectivity index (χ0v) is 14.5. The minimum Gasteiger partial charge on any atom is -0.360 e. The number of carbonyl (C=O) groups excluding carboxylic acids is 1. The lowest BCUT2D eigenvalue weighted by Gasteiger charge is -2.13. The number of carbonyl (C=O) groups is 1. The maximum Gasteiger partial charge on any atom is 0.257 e. The largest absolute Gasteiger partial charge is 0.360 e. The molecule has 0 fully saturated rings. The summed E-state index contributed by atoms with van der Waals surface area (Å²) in [5, 5.41) is 7.56. The minimum atomic E-state index is -0.167. The molecule has 0 aliphatic heterocycles. The third kappa shape index (κ3) is 3.70. The van der Waals surface area contributed by atoms with E-state index in [-0.39, 0.29) is 5.91 Å². The first-order valence-electron chi connectivity index (χ1n) is 8.34. The molecule has 24 heavy (non-hydrogen) atoms. The van der Waals surface area contributed by atoms with Gasteiger partial charge in [-0.2, -0.15) is 0 Å². The second-order valence-corrected chi connectivity index (χ2v) is 6.46. The lowest BCUT2D eigenvalue weighted by Crippen LogP contribution is -2.25. The molecule has 5 heteroatoms. The van der Waals surface area contributed by atoms with Crippen LogP contribution < -0.4 is 5.32 Å². The number of nitrogens with zero attached hydrogens (tertiary/aromatic N) is 1. The van der Waals surface area contributed by atoms with Crippen molar-refractivity contribution in [2.75, 3.05) is 6.54 Å². The van der Waals surface area contributed by atoms with Gasteiger partial charge in [0.1, 0.15) is 17.0 Å². The average Bonchev–Trinajstić information content (AvgIpc) is 2.97. The summed E-state index contributed by atoms with van der Waals surface area (Å²) in [6.07, 6.45) is 8.03. The Morgan fingerprint density at radius 3 is 2.92 bits per heavy atom. The summed E-state index contributed by atoms with van der Waals surface area (Å²) in [5.41, 5.74) is 3.10. The first kappa shape index (κ1) is 16.8. The van der Waals surface area contributed by atoms with Crippen LogP contribution in [0.25, 0.3) is 11.3 Å². The van der Waals surface area contributed by atoms with E-state index in [9.17, 15) is 4.79 Å². The van der Waals surface area contributed by atoms with Crippen molar-refractivity contribution in [3.05, 3.63) is 52.3 Å². The van der Waals surface area contributed by atoms with E-state index in [2.05, 4.69) is 16.5 Å². The maximum absolute atomic E-state index is 12.6. The molecule has 0 saturated heterocycles. The van der Waals surface area contributed by atoms with Crippen molar-refractivity contribution in [2.24, 2.45) is 0 Å². The third-order valence-electron chi connectivity index (χ3n) is 4.34. The number of hydrogen-bond donors (Lipinski definition) is 1. The molecule has 4 nitrogen and oxygen atoms in total. The standard InChI is InChI=1S/C19H21ClN2O2/c1-13-17(18(22-24-13)15-9-5-6-10-16(15)20)19(23)21-12-11-14-7-3-2-4-8-14/h5-7,9-10H,2-4,8,11-12H2,1H3,(H,21,23). The number of rotatable bonds is 5. The highest BCUT2D eigenvalue weighted by Gasteiger charge is 2.22. The van der Waals surface area contributed by atoms with E-state index >= 15 is 0 Å². The second kappa shape index (κ2) is 7.67. The van der Waals surface area contributed by atoms with Crippen LogP contribution in [0.4, 0.5) is 0 Å². The van der Waals surface area contributed by atoms with Crippen LogP contribution in [0.15, 0.2) is 40.4 Å². The molecule has 1 N–H and O–H groups in total. The summed E-state index contributed by atoms with van der Waals surface area (Å²) in [6, 6.07) is 7.32. The number of nitrogens with one attached hydrogen (secondary N) is 1. The van der Waals surface area contributed by atoms with Crippen LogP contribution in [-0.2, 0) is 0 Å². The number of hydrogen-bond acceptors (Lipinski definition) is 3. The number of benzene rings is 1. The summed E-state index contributed by atoms with van der Waals surface area (Å²) in [7, 11) is 0. The predicted octanol–water partition coefficient (Wildman–Crippen LogP) is 4.92. The topological polar surface area (TPSA) is 55.1 Å². The van der Waals surface area contributed by atoms with E-state index in [1.807, 2.05) is 18.2 Å². The first-order chi connectivity index (χ1) is 11.7. The van der Waals surface area contributed by atoms with Crippen LogP contribution in [-0.4, -0.2) is 17.6 Å². The van der Waals surface area contributed by atoms with Crippen molar-refractivity contribution in [2.45, 2.75) is 39.0 Å². The van der Waals surface area contributed by atoms with Gasteiger partial charge in [-0.25, -0.2) is 0 Å². The molecular weight excluding hydrogens is 324 g/mol. The minimum absolute atomic E-state index is 0.167. The highest BCUT2D eigenvalue weighted by molar-refractivity contribution is 6.33. The lowest BCUT2D eigenvalue weighted by atomic mass is 9.97. The molecule has 1 aliphatic rings. The zero-order chi connectivity index (χ0) is 16.9. The molecule has 1 aromatic carbocycles. The zero-order valence-electron chi connectivity index (χ0n) is 13.8. The molecule has 3 rings (SSSR count). The molecule has 0 bridgehead atoms. The summed E-state index contributed by atoms with van der Waals surface area (Å²) in [6.45, 7) is 2.36. The quantitative estimate of drug-likeness (QED) is 0.783. The molecule has 0 radical (unpaired) electrons. The molecule has 0 unspecified atom stereocenters. The molecule has 1 aliphatic carbocycles. The van der Waals surface area contributed by atoms with Gasteiger partial charge in [-0.15, -0.1) is 0 Å². The van der Waals surface area contributed by atoms with Gasteiger partial charge in [-0.05, 0) is 45.1 Å². The van der Waals surface area contributed by atoms with Gasteiger partial charge in [-0.1, -0.05) is 46.6 Å². The number of halogens is 1. The van der Waals surface area contributed by atoms with Crippen LogP contribution in [0, 0.1) is 6.92 Å². The molecule has 2 aromatic rings. The molecule has 0 saturated carbocycles. The van der Waals surface area contributed by atoms with Gasteiger partial charge in [0.2, 0.25) is 0 Å². The van der Waals surface area contributed by atoms with E-state index in [1.165, 1.54) is 18.4 Å². The fourth-order valence-corrected chi connectivity index (χ4v) is 3.26. The Labute approximate surface area is 146 Å². The Bertz CT molecular complexity index is 764. The van der Waals surface area contributed by atoms with Crippen molar-refractivity contribution in [1.29, 1.82) is 0 Å². The van der Waals surface area contributed by atoms with Crippen LogP contribution in [0.2, 0.25) is 5.02 Å². The molecular formula is C19H21ClN2O2. The number of aryl methyl sites for hydroxylation is 1. The normalized spacial score (nSPS) is 14.3. The van der Waals surface area contributed by atoms with Gasteiger partial charge in [-0.3, -0.25) is 4.79 Å². The maximum atomic E-state index is 12.6. The molecule has 126 valence electrons. The lowest BCUT2D eigenvalue weighted by molar-refractivity contribution is 0.0953. The third-order valence-corrected chi connectivity index (χ3v) is 4.67. The average molecular weight is 345 g/mol. The molecule has 1 aromatic heterocycles. The van der Waals surface area contributed by atoms with Crippen molar-refractivity contribution in [1.82, 2.24) is 10.5 Å². The van der Waals surface area contributed by atoms with Crippen LogP contribution in [0.3, 0.4) is 0 Å². The Morgan fingerprint density at radius 2 is 2.17 bits per heavy atom. The summed E-state index contributed by atoms with van der Waals surface area (Å²) >= 11 is 6.23. The fraction of sp³-hybridized carbons (Fsp3) is 0.368. The van der Waals surface area contributed by atoms with Crippen LogP contribution in [0.5, 0.6) is 0 Å². The Hall–Kier alpha value is -2.07. The highest BCUT2D eigenvalue weighted by atomic mass is 35.5. The summed E-state index contributed by atoms with van der Waals surface area (Å²) in [4.78, 5) is 12.6. The number of amides is 1. The van der Waals surface area contributed by atoms with E-state index < -0.39 is 0 Å². The molecule has 1 heterocycles. The molecule has 1 amide bonds. The van der Waals surface area contributed by atoms with E-state index in [0.717, 1.165) is 19.3 Å². The van der Waals surface area contributed by atoms with Crippen LogP contribution >= 0.6 is 11.6 Å². The van der Waals surface area contributed by atoms with Crippen molar-refractivity contribution in [3.8, 4) is 11.3 Å². The van der Waals surface area contributed by atoms with E-state index in [4.69, 9.17) is 16.1 Å². The van der Waals surface area contributed by atoms with E-state index in [1.54, 1.807) is 13.0 Å². The summed E-state index contributed by atoms with van der Waals surface area (Å²) in [5.74, 6) is 0.333. The fourth-order valence-electron chi connectivity index (χ4n) is 3.03. The van der Waals surface area contributed by atoms with Gasteiger partial charge in [0, 0.05) is 12.1 Å². The Kier molecular flexibility index (Phi) is 5.36. The van der Waals surface area contributed by atoms with Crippen molar-refractivity contribution in [3.63, 3.8) is 0 Å². The number of aromatic nitrogens is 1. The summed E-state index contributed by atoms with van der Waals surface area (Å²) < 4.78 is 5.24. The SMILES string of the molecule is Cc1onc(-c2ccccc2Cl)c1C(=O)NCCC1=CCCCC1. The van der Waals surface area contributed by atoms with E-state index in [0.29, 0.717) is 34.1 Å². The smallest absolute Gasteiger partial charge is 0.257 e. The predicted molar refractivity (Wildman–Crippen MR) is 95.2 cm³/mol. The number of allylic oxidation sites excluding steroid dienone is 1. The van der Waals surface area contributed by atoms with Crippen LogP contribution in [0.1, 0.15) is 48.2 Å². The molecule has 0 spiro atoms. The van der Waals surface area contributed by atoms with Crippen molar-refractivity contribution < 1.29 is 9.32 Å². The highest BCUT2D eigenvalue weighted by Crippen LogP contribution is 2.31. The Morgan fingerprint density at radius 1 is 1.33 bits per heavy atom. The first-order valence-corrected chi connectivity index (χ1v) is 8.72. The van der Waals surface area contributed by atoms with Crippen molar-refractivity contribution >= 4 is 17.5 Å². The monoisotopic (exact) mass is 344 g/mol. The van der Waals surface area contributed by atoms with Gasteiger partial charge >= 0.3 is 0 Å².